The Morgan fingerprint density at radius 3 is 1.38 bits per heavy atom. The predicted molar refractivity (Wildman–Crippen MR) is 89.6 cm³/mol. The third-order valence-electron chi connectivity index (χ3n) is 3.31. The molecule has 2 unspecified atom stereocenters. The van der Waals surface area contributed by atoms with Crippen molar-refractivity contribution in [3.8, 4) is 0 Å². The van der Waals surface area contributed by atoms with Crippen molar-refractivity contribution in [3.63, 3.8) is 0 Å². The number of rotatable bonds is 6. The zero-order chi connectivity index (χ0) is 18.4. The van der Waals surface area contributed by atoms with Crippen molar-refractivity contribution in [2.24, 2.45) is 0 Å². The van der Waals surface area contributed by atoms with E-state index in [0.717, 1.165) is 25.7 Å². The van der Waals surface area contributed by atoms with Gasteiger partial charge in [-0.15, -0.1) is 0 Å². The molecule has 0 bridgehead atoms. The van der Waals surface area contributed by atoms with Crippen LogP contribution in [0.1, 0.15) is 67.2 Å². The summed E-state index contributed by atoms with van der Waals surface area (Å²) in [7, 11) is 0. The second kappa shape index (κ2) is 8.81. The van der Waals surface area contributed by atoms with E-state index in [1.54, 1.807) is 0 Å². The van der Waals surface area contributed by atoms with Crippen LogP contribution < -0.4 is 0 Å². The Labute approximate surface area is 145 Å². The average molecular weight is 344 g/mol. The molecule has 2 atom stereocenters. The van der Waals surface area contributed by atoms with Crippen LogP contribution in [-0.2, 0) is 28.5 Å². The first kappa shape index (κ1) is 20.9. The van der Waals surface area contributed by atoms with Crippen molar-refractivity contribution in [2.45, 2.75) is 90.6 Å². The molecule has 0 saturated heterocycles. The molecule has 0 aromatic rings. The summed E-state index contributed by atoms with van der Waals surface area (Å²) in [6, 6.07) is 0. The third-order valence-corrected chi connectivity index (χ3v) is 3.31. The van der Waals surface area contributed by atoms with E-state index in [1.165, 1.54) is 0 Å². The zero-order valence-corrected chi connectivity index (χ0v) is 15.8. The quantitative estimate of drug-likeness (QED) is 0.690. The zero-order valence-electron chi connectivity index (χ0n) is 15.8. The van der Waals surface area contributed by atoms with E-state index in [-0.39, 0.29) is 37.4 Å². The fraction of sp³-hybridized carbons (Fsp3) is 0.889. The SMILES string of the molecule is CC(C)(C)OC(=O)COC1CCCCC1OCC(=O)OC(C)(C)C. The standard InChI is InChI=1S/C18H32O6/c1-17(2,3)23-15(19)11-21-13-9-7-8-10-14(13)22-12-16(20)24-18(4,5)6/h13-14H,7-12H2,1-6H3. The molecular weight excluding hydrogens is 312 g/mol. The maximum absolute atomic E-state index is 11.8. The van der Waals surface area contributed by atoms with Gasteiger partial charge in [-0.2, -0.15) is 0 Å². The van der Waals surface area contributed by atoms with Gasteiger partial charge in [0.15, 0.2) is 0 Å². The van der Waals surface area contributed by atoms with Crippen LogP contribution in [-0.4, -0.2) is 48.6 Å². The summed E-state index contributed by atoms with van der Waals surface area (Å²) in [6.45, 7) is 10.7. The lowest BCUT2D eigenvalue weighted by Gasteiger charge is -2.31. The molecule has 0 amide bonds. The minimum atomic E-state index is -0.528. The number of ether oxygens (including phenoxy) is 4. The van der Waals surface area contributed by atoms with Crippen molar-refractivity contribution in [1.82, 2.24) is 0 Å². The van der Waals surface area contributed by atoms with Gasteiger partial charge in [-0.05, 0) is 54.4 Å². The van der Waals surface area contributed by atoms with E-state index in [4.69, 9.17) is 18.9 Å². The van der Waals surface area contributed by atoms with Gasteiger partial charge in [0.1, 0.15) is 24.4 Å². The highest BCUT2D eigenvalue weighted by atomic mass is 16.6. The monoisotopic (exact) mass is 344 g/mol. The molecule has 0 aliphatic heterocycles. The molecule has 6 nitrogen and oxygen atoms in total. The van der Waals surface area contributed by atoms with Gasteiger partial charge in [0, 0.05) is 0 Å². The highest BCUT2D eigenvalue weighted by Crippen LogP contribution is 2.24. The van der Waals surface area contributed by atoms with Crippen LogP contribution in [0, 0.1) is 0 Å². The number of esters is 2. The molecule has 6 heteroatoms. The first-order chi connectivity index (χ1) is 11.0. The number of hydrogen-bond acceptors (Lipinski definition) is 6. The van der Waals surface area contributed by atoms with Crippen LogP contribution in [0.4, 0.5) is 0 Å². The topological polar surface area (TPSA) is 71.1 Å². The second-order valence-corrected chi connectivity index (χ2v) is 8.16. The van der Waals surface area contributed by atoms with Crippen molar-refractivity contribution >= 4 is 11.9 Å². The Morgan fingerprint density at radius 2 is 1.08 bits per heavy atom. The first-order valence-corrected chi connectivity index (χ1v) is 8.63. The molecular formula is C18H32O6. The smallest absolute Gasteiger partial charge is 0.332 e. The molecule has 0 aromatic heterocycles. The molecule has 0 N–H and O–H groups in total. The van der Waals surface area contributed by atoms with Crippen molar-refractivity contribution in [2.75, 3.05) is 13.2 Å². The lowest BCUT2D eigenvalue weighted by Crippen LogP contribution is -2.38. The van der Waals surface area contributed by atoms with Crippen LogP contribution in [0.25, 0.3) is 0 Å². The molecule has 1 aliphatic rings. The minimum Gasteiger partial charge on any atom is -0.458 e. The fourth-order valence-electron chi connectivity index (χ4n) is 2.54. The number of carbonyl (C=O) groups is 2. The van der Waals surface area contributed by atoms with Gasteiger partial charge in [-0.1, -0.05) is 12.8 Å². The largest absolute Gasteiger partial charge is 0.458 e. The van der Waals surface area contributed by atoms with Crippen LogP contribution in [0.3, 0.4) is 0 Å². The summed E-state index contributed by atoms with van der Waals surface area (Å²) in [5.74, 6) is -0.780. The predicted octanol–water partition coefficient (Wildman–Crippen LogP) is 3.01. The Kier molecular flexibility index (Phi) is 7.67. The molecule has 140 valence electrons. The van der Waals surface area contributed by atoms with Gasteiger partial charge in [0.25, 0.3) is 0 Å². The van der Waals surface area contributed by atoms with Crippen molar-refractivity contribution in [3.05, 3.63) is 0 Å². The van der Waals surface area contributed by atoms with Crippen molar-refractivity contribution in [1.29, 1.82) is 0 Å². The summed E-state index contributed by atoms with van der Waals surface area (Å²) in [5, 5.41) is 0. The summed E-state index contributed by atoms with van der Waals surface area (Å²) in [6.07, 6.45) is 3.25. The molecule has 1 aliphatic carbocycles. The van der Waals surface area contributed by atoms with E-state index < -0.39 is 11.2 Å². The molecule has 0 aromatic carbocycles. The molecule has 1 saturated carbocycles. The molecule has 0 radical (unpaired) electrons. The number of carbonyl (C=O) groups excluding carboxylic acids is 2. The summed E-state index contributed by atoms with van der Waals surface area (Å²) in [4.78, 5) is 23.5. The molecule has 24 heavy (non-hydrogen) atoms. The minimum absolute atomic E-state index is 0.103. The molecule has 0 heterocycles. The number of hydrogen-bond donors (Lipinski definition) is 0. The van der Waals surface area contributed by atoms with Gasteiger partial charge in [0.2, 0.25) is 0 Å². The highest BCUT2D eigenvalue weighted by molar-refractivity contribution is 5.71. The Bertz CT molecular complexity index is 378. The van der Waals surface area contributed by atoms with E-state index in [1.807, 2.05) is 41.5 Å². The lowest BCUT2D eigenvalue weighted by molar-refractivity contribution is -0.174. The Morgan fingerprint density at radius 1 is 0.750 bits per heavy atom. The third kappa shape index (κ3) is 9.23. The van der Waals surface area contributed by atoms with E-state index >= 15 is 0 Å². The van der Waals surface area contributed by atoms with Crippen LogP contribution >= 0.6 is 0 Å². The normalized spacial score (nSPS) is 22.1. The van der Waals surface area contributed by atoms with E-state index in [9.17, 15) is 9.59 Å². The van der Waals surface area contributed by atoms with Crippen LogP contribution in [0.2, 0.25) is 0 Å². The molecule has 1 fully saturated rings. The Hall–Kier alpha value is -1.14. The van der Waals surface area contributed by atoms with E-state index in [0.29, 0.717) is 0 Å². The van der Waals surface area contributed by atoms with Crippen LogP contribution in [0.15, 0.2) is 0 Å². The van der Waals surface area contributed by atoms with Gasteiger partial charge in [0.05, 0.1) is 12.2 Å². The van der Waals surface area contributed by atoms with Gasteiger partial charge >= 0.3 is 11.9 Å². The second-order valence-electron chi connectivity index (χ2n) is 8.16. The maximum Gasteiger partial charge on any atom is 0.332 e. The fourth-order valence-corrected chi connectivity index (χ4v) is 2.54. The Balaban J connectivity index is 2.42. The summed E-state index contributed by atoms with van der Waals surface area (Å²) >= 11 is 0. The molecule has 1 rings (SSSR count). The summed E-state index contributed by atoms with van der Waals surface area (Å²) < 4.78 is 21.8. The summed E-state index contributed by atoms with van der Waals surface area (Å²) in [5.41, 5.74) is -1.06. The highest BCUT2D eigenvalue weighted by Gasteiger charge is 2.29. The van der Waals surface area contributed by atoms with Gasteiger partial charge in [-0.25, -0.2) is 9.59 Å². The molecule has 0 spiro atoms. The lowest BCUT2D eigenvalue weighted by atomic mass is 9.94. The first-order valence-electron chi connectivity index (χ1n) is 8.63. The van der Waals surface area contributed by atoms with Crippen LogP contribution in [0.5, 0.6) is 0 Å². The van der Waals surface area contributed by atoms with E-state index in [2.05, 4.69) is 0 Å². The van der Waals surface area contributed by atoms with Gasteiger partial charge < -0.3 is 18.9 Å². The maximum atomic E-state index is 11.8. The average Bonchev–Trinajstić information content (AvgIpc) is 2.40. The van der Waals surface area contributed by atoms with Gasteiger partial charge in [-0.3, -0.25) is 0 Å². The van der Waals surface area contributed by atoms with Crippen molar-refractivity contribution < 1.29 is 28.5 Å².